The molecule has 1 aliphatic rings. The average molecular weight is 319 g/mol. The van der Waals surface area contributed by atoms with Crippen molar-refractivity contribution in [2.75, 3.05) is 32.2 Å². The Kier molecular flexibility index (Phi) is 5.18. The van der Waals surface area contributed by atoms with Crippen molar-refractivity contribution in [1.82, 2.24) is 0 Å². The van der Waals surface area contributed by atoms with Gasteiger partial charge in [0.25, 0.3) is 0 Å². The normalized spacial score (nSPS) is 18.0. The Morgan fingerprint density at radius 1 is 1.27 bits per heavy atom. The van der Waals surface area contributed by atoms with Gasteiger partial charge in [-0.2, -0.15) is 0 Å². The van der Waals surface area contributed by atoms with Crippen LogP contribution in [-0.2, 0) is 9.47 Å². The van der Waals surface area contributed by atoms with E-state index in [9.17, 15) is 13.2 Å². The van der Waals surface area contributed by atoms with Crippen LogP contribution in [0.25, 0.3) is 0 Å². The molecule has 0 saturated carbocycles. The van der Waals surface area contributed by atoms with Gasteiger partial charge < -0.3 is 19.5 Å². The summed E-state index contributed by atoms with van der Waals surface area (Å²) >= 11 is 0. The zero-order chi connectivity index (χ0) is 16.2. The Morgan fingerprint density at radius 2 is 1.95 bits per heavy atom. The summed E-state index contributed by atoms with van der Waals surface area (Å²) in [5.41, 5.74) is 0.850. The van der Waals surface area contributed by atoms with Crippen molar-refractivity contribution in [2.24, 2.45) is 0 Å². The first-order valence-corrected chi connectivity index (χ1v) is 7.07. The fourth-order valence-corrected chi connectivity index (χ4v) is 2.46. The molecule has 4 nitrogen and oxygen atoms in total. The number of hydrogen-bond donors (Lipinski definition) is 1. The quantitative estimate of drug-likeness (QED) is 0.902. The number of anilines is 1. The summed E-state index contributed by atoms with van der Waals surface area (Å²) in [6.07, 6.45) is -3.11. The number of aryl methyl sites for hydroxylation is 1. The van der Waals surface area contributed by atoms with Crippen molar-refractivity contribution in [3.63, 3.8) is 0 Å². The van der Waals surface area contributed by atoms with Gasteiger partial charge in [-0.25, -0.2) is 0 Å². The summed E-state index contributed by atoms with van der Waals surface area (Å²) in [6.45, 7) is 3.44. The third-order valence-corrected chi connectivity index (χ3v) is 3.85. The minimum atomic E-state index is -4.68. The van der Waals surface area contributed by atoms with Crippen molar-refractivity contribution >= 4 is 5.69 Å². The summed E-state index contributed by atoms with van der Waals surface area (Å²) in [4.78, 5) is 0. The van der Waals surface area contributed by atoms with E-state index in [0.717, 1.165) is 18.5 Å². The molecule has 2 rings (SSSR count). The van der Waals surface area contributed by atoms with Gasteiger partial charge in [0.05, 0.1) is 5.60 Å². The van der Waals surface area contributed by atoms with E-state index in [1.807, 2.05) is 0 Å². The molecule has 0 radical (unpaired) electrons. The van der Waals surface area contributed by atoms with Crippen LogP contribution in [0.2, 0.25) is 0 Å². The molecule has 22 heavy (non-hydrogen) atoms. The molecule has 7 heteroatoms. The third-order valence-electron chi connectivity index (χ3n) is 3.85. The molecule has 0 bridgehead atoms. The van der Waals surface area contributed by atoms with Crippen LogP contribution >= 0.6 is 0 Å². The summed E-state index contributed by atoms with van der Waals surface area (Å²) in [6, 6.07) is 4.51. The molecule has 1 heterocycles. The second-order valence-electron chi connectivity index (χ2n) is 5.38. The van der Waals surface area contributed by atoms with Crippen LogP contribution in [0.1, 0.15) is 18.4 Å². The molecule has 124 valence electrons. The lowest BCUT2D eigenvalue weighted by atomic mass is 9.94. The average Bonchev–Trinajstić information content (AvgIpc) is 2.47. The monoisotopic (exact) mass is 319 g/mol. The van der Waals surface area contributed by atoms with Crippen LogP contribution < -0.4 is 10.1 Å². The molecule has 0 aromatic heterocycles. The Morgan fingerprint density at radius 3 is 2.50 bits per heavy atom. The molecule has 1 saturated heterocycles. The first-order valence-electron chi connectivity index (χ1n) is 7.07. The summed E-state index contributed by atoms with van der Waals surface area (Å²) in [5.74, 6) is -0.189. The highest BCUT2D eigenvalue weighted by atomic mass is 19.4. The fourth-order valence-electron chi connectivity index (χ4n) is 2.46. The zero-order valence-electron chi connectivity index (χ0n) is 12.6. The van der Waals surface area contributed by atoms with Crippen molar-refractivity contribution in [1.29, 1.82) is 0 Å². The van der Waals surface area contributed by atoms with Gasteiger partial charge in [0, 0.05) is 45.4 Å². The molecular formula is C15H20F3NO3. The van der Waals surface area contributed by atoms with E-state index in [0.29, 0.717) is 25.3 Å². The minimum Gasteiger partial charge on any atom is -0.406 e. The standard InChI is InChI=1S/C15H20F3NO3/c1-11-9-12(3-4-13(11)22-15(16,17)18)19-10-14(20-2)5-7-21-8-6-14/h3-4,9,19H,5-8,10H2,1-2H3. The lowest BCUT2D eigenvalue weighted by Crippen LogP contribution is -2.44. The van der Waals surface area contributed by atoms with Gasteiger partial charge in [-0.05, 0) is 30.7 Å². The second-order valence-corrected chi connectivity index (χ2v) is 5.38. The van der Waals surface area contributed by atoms with Gasteiger partial charge in [-0.3, -0.25) is 0 Å². The van der Waals surface area contributed by atoms with E-state index >= 15 is 0 Å². The molecule has 1 aromatic carbocycles. The molecule has 0 atom stereocenters. The number of nitrogens with one attached hydrogen (secondary N) is 1. The Bertz CT molecular complexity index is 499. The maximum atomic E-state index is 12.2. The second kappa shape index (κ2) is 6.75. The Hall–Kier alpha value is -1.47. The lowest BCUT2D eigenvalue weighted by molar-refractivity contribution is -0.274. The first kappa shape index (κ1) is 16.9. The maximum absolute atomic E-state index is 12.2. The summed E-state index contributed by atoms with van der Waals surface area (Å²) < 4.78 is 51.6. The van der Waals surface area contributed by atoms with E-state index in [1.54, 1.807) is 26.2 Å². The number of hydrogen-bond acceptors (Lipinski definition) is 4. The van der Waals surface area contributed by atoms with Crippen molar-refractivity contribution < 1.29 is 27.4 Å². The van der Waals surface area contributed by atoms with Gasteiger partial charge in [-0.1, -0.05) is 0 Å². The molecule has 1 aliphatic heterocycles. The van der Waals surface area contributed by atoms with E-state index in [4.69, 9.17) is 9.47 Å². The van der Waals surface area contributed by atoms with Gasteiger partial charge in [0.15, 0.2) is 0 Å². The highest BCUT2D eigenvalue weighted by Gasteiger charge is 2.33. The number of benzene rings is 1. The number of rotatable bonds is 5. The predicted octanol–water partition coefficient (Wildman–Crippen LogP) is 3.50. The third kappa shape index (κ3) is 4.51. The van der Waals surface area contributed by atoms with E-state index < -0.39 is 6.36 Å². The number of methoxy groups -OCH3 is 1. The largest absolute Gasteiger partial charge is 0.573 e. The van der Waals surface area contributed by atoms with E-state index in [-0.39, 0.29) is 11.4 Å². The fraction of sp³-hybridized carbons (Fsp3) is 0.600. The maximum Gasteiger partial charge on any atom is 0.573 e. The zero-order valence-corrected chi connectivity index (χ0v) is 12.6. The predicted molar refractivity (Wildman–Crippen MR) is 76.1 cm³/mol. The van der Waals surface area contributed by atoms with Crippen LogP contribution in [0.4, 0.5) is 18.9 Å². The SMILES string of the molecule is COC1(CNc2ccc(OC(F)(F)F)c(C)c2)CCOCC1. The van der Waals surface area contributed by atoms with Crippen LogP contribution in [0.5, 0.6) is 5.75 Å². The van der Waals surface area contributed by atoms with Crippen molar-refractivity contribution in [3.8, 4) is 5.75 Å². The number of alkyl halides is 3. The molecule has 0 unspecified atom stereocenters. The number of ether oxygens (including phenoxy) is 3. The van der Waals surface area contributed by atoms with Gasteiger partial charge >= 0.3 is 6.36 Å². The molecule has 1 N–H and O–H groups in total. The van der Waals surface area contributed by atoms with Crippen molar-refractivity contribution in [2.45, 2.75) is 31.7 Å². The smallest absolute Gasteiger partial charge is 0.406 e. The summed E-state index contributed by atoms with van der Waals surface area (Å²) in [5, 5.41) is 3.22. The van der Waals surface area contributed by atoms with Gasteiger partial charge in [0.1, 0.15) is 5.75 Å². The highest BCUT2D eigenvalue weighted by Crippen LogP contribution is 2.29. The van der Waals surface area contributed by atoms with Crippen LogP contribution in [0.3, 0.4) is 0 Å². The first-order chi connectivity index (χ1) is 10.3. The molecular weight excluding hydrogens is 299 g/mol. The Labute approximate surface area is 127 Å². The van der Waals surface area contributed by atoms with E-state index in [2.05, 4.69) is 10.1 Å². The summed E-state index contributed by atoms with van der Waals surface area (Å²) in [7, 11) is 1.67. The van der Waals surface area contributed by atoms with Gasteiger partial charge in [0.2, 0.25) is 0 Å². The van der Waals surface area contributed by atoms with Crippen LogP contribution in [0.15, 0.2) is 18.2 Å². The minimum absolute atomic E-state index is 0.189. The molecule has 0 aliphatic carbocycles. The molecule has 1 fully saturated rings. The molecule has 1 aromatic rings. The number of halogens is 3. The Balaban J connectivity index is 2.00. The van der Waals surface area contributed by atoms with Crippen molar-refractivity contribution in [3.05, 3.63) is 23.8 Å². The van der Waals surface area contributed by atoms with Crippen LogP contribution in [0, 0.1) is 6.92 Å². The molecule has 0 amide bonds. The highest BCUT2D eigenvalue weighted by molar-refractivity contribution is 5.51. The van der Waals surface area contributed by atoms with Crippen LogP contribution in [-0.4, -0.2) is 38.8 Å². The van der Waals surface area contributed by atoms with E-state index in [1.165, 1.54) is 6.07 Å². The topological polar surface area (TPSA) is 39.7 Å². The van der Waals surface area contributed by atoms with Gasteiger partial charge in [-0.15, -0.1) is 13.2 Å². The lowest BCUT2D eigenvalue weighted by Gasteiger charge is -2.36. The molecule has 0 spiro atoms.